The molecule has 1 aromatic carbocycles. The molecule has 2 rings (SSSR count). The minimum absolute atomic E-state index is 0. The van der Waals surface area contributed by atoms with E-state index in [1.165, 1.54) is 0 Å². The Kier molecular flexibility index (Phi) is 10.6. The zero-order valence-electron chi connectivity index (χ0n) is 15.7. The first-order valence-electron chi connectivity index (χ1n) is 8.89. The number of methoxy groups -OCH3 is 2. The van der Waals surface area contributed by atoms with Crippen LogP contribution in [-0.4, -0.2) is 53.0 Å². The molecule has 0 unspecified atom stereocenters. The first-order chi connectivity index (χ1) is 12.2. The lowest BCUT2D eigenvalue weighted by molar-refractivity contribution is -0.136. The highest BCUT2D eigenvalue weighted by Crippen LogP contribution is 2.29. The Hall–Kier alpha value is -1.34. The lowest BCUT2D eigenvalue weighted by Crippen LogP contribution is -2.50. The fraction of sp³-hybridized carbons (Fsp3) is 0.632. The van der Waals surface area contributed by atoms with Crippen molar-refractivity contribution in [2.24, 2.45) is 5.41 Å². The molecule has 1 amide bonds. The van der Waals surface area contributed by atoms with Gasteiger partial charge in [0.1, 0.15) is 5.75 Å². The van der Waals surface area contributed by atoms with Crippen LogP contribution in [0.4, 0.5) is 0 Å². The van der Waals surface area contributed by atoms with Gasteiger partial charge in [-0.15, -0.1) is 12.4 Å². The van der Waals surface area contributed by atoms with Gasteiger partial charge in [0.15, 0.2) is 0 Å². The molecule has 1 saturated heterocycles. The van der Waals surface area contributed by atoms with Crippen LogP contribution in [0.2, 0.25) is 0 Å². The number of benzene rings is 1. The van der Waals surface area contributed by atoms with Crippen LogP contribution in [0.15, 0.2) is 24.3 Å². The Morgan fingerprint density at radius 1 is 1.19 bits per heavy atom. The van der Waals surface area contributed by atoms with Gasteiger partial charge in [0.25, 0.3) is 0 Å². The molecule has 1 heterocycles. The van der Waals surface area contributed by atoms with Crippen LogP contribution < -0.4 is 15.4 Å². The Labute approximate surface area is 162 Å². The van der Waals surface area contributed by atoms with E-state index in [0.29, 0.717) is 26.4 Å². The van der Waals surface area contributed by atoms with E-state index in [4.69, 9.17) is 14.2 Å². The van der Waals surface area contributed by atoms with Gasteiger partial charge in [-0.1, -0.05) is 12.1 Å². The molecule has 0 atom stereocenters. The van der Waals surface area contributed by atoms with Gasteiger partial charge in [-0.3, -0.25) is 4.79 Å². The highest BCUT2D eigenvalue weighted by molar-refractivity contribution is 5.85. The second-order valence-corrected chi connectivity index (χ2v) is 6.47. The summed E-state index contributed by atoms with van der Waals surface area (Å²) >= 11 is 0. The fourth-order valence-electron chi connectivity index (χ4n) is 3.09. The Morgan fingerprint density at radius 3 is 2.50 bits per heavy atom. The summed E-state index contributed by atoms with van der Waals surface area (Å²) in [6.45, 7) is 4.01. The number of nitrogens with one attached hydrogen (secondary N) is 2. The maximum Gasteiger partial charge on any atom is 0.228 e. The molecule has 0 radical (unpaired) electrons. The highest BCUT2D eigenvalue weighted by Gasteiger charge is 2.39. The second-order valence-electron chi connectivity index (χ2n) is 6.47. The number of carbonyl (C=O) groups is 1. The summed E-state index contributed by atoms with van der Waals surface area (Å²) in [5.74, 6) is 0.945. The summed E-state index contributed by atoms with van der Waals surface area (Å²) in [6.07, 6.45) is 2.44. The Balaban J connectivity index is 0.00000338. The van der Waals surface area contributed by atoms with Crippen LogP contribution in [-0.2, 0) is 20.9 Å². The summed E-state index contributed by atoms with van der Waals surface area (Å²) in [5.41, 5.74) is 0.725. The molecule has 26 heavy (non-hydrogen) atoms. The van der Waals surface area contributed by atoms with Crippen LogP contribution in [0.3, 0.4) is 0 Å². The fourth-order valence-corrected chi connectivity index (χ4v) is 3.09. The van der Waals surface area contributed by atoms with Crippen molar-refractivity contribution >= 4 is 18.3 Å². The molecule has 2 N–H and O–H groups in total. The van der Waals surface area contributed by atoms with E-state index in [1.807, 2.05) is 24.3 Å². The van der Waals surface area contributed by atoms with Crippen molar-refractivity contribution in [3.63, 3.8) is 0 Å². The molecular weight excluding hydrogens is 356 g/mol. The minimum Gasteiger partial charge on any atom is -0.497 e. The molecule has 148 valence electrons. The zero-order chi connectivity index (χ0) is 18.0. The molecule has 0 aliphatic carbocycles. The van der Waals surface area contributed by atoms with Gasteiger partial charge in [-0.05, 0) is 50.0 Å². The van der Waals surface area contributed by atoms with Crippen LogP contribution in [0.5, 0.6) is 5.75 Å². The van der Waals surface area contributed by atoms with E-state index < -0.39 is 0 Å². The molecular formula is C19H31ClN2O4. The third-order valence-electron chi connectivity index (χ3n) is 4.64. The molecule has 0 spiro atoms. The molecule has 0 aromatic heterocycles. The monoisotopic (exact) mass is 386 g/mol. The number of piperidine rings is 1. The van der Waals surface area contributed by atoms with Crippen molar-refractivity contribution in [3.05, 3.63) is 29.8 Å². The van der Waals surface area contributed by atoms with E-state index in [-0.39, 0.29) is 23.7 Å². The SMILES string of the molecule is COCC1(C(=O)NCCCOCc2ccc(OC)cc2)CCNCC1.Cl. The maximum atomic E-state index is 12.6. The van der Waals surface area contributed by atoms with Gasteiger partial charge < -0.3 is 24.8 Å². The van der Waals surface area contributed by atoms with Crippen LogP contribution in [0, 0.1) is 5.41 Å². The average molecular weight is 387 g/mol. The lowest BCUT2D eigenvalue weighted by Gasteiger charge is -2.35. The average Bonchev–Trinajstić information content (AvgIpc) is 2.66. The highest BCUT2D eigenvalue weighted by atomic mass is 35.5. The normalized spacial score (nSPS) is 15.8. The summed E-state index contributed by atoms with van der Waals surface area (Å²) in [5, 5.41) is 6.34. The topological polar surface area (TPSA) is 68.8 Å². The molecule has 1 aromatic rings. The predicted molar refractivity (Wildman–Crippen MR) is 104 cm³/mol. The largest absolute Gasteiger partial charge is 0.497 e. The summed E-state index contributed by atoms with van der Waals surface area (Å²) in [6, 6.07) is 7.83. The molecule has 0 saturated carbocycles. The van der Waals surface area contributed by atoms with Crippen LogP contribution in [0.1, 0.15) is 24.8 Å². The van der Waals surface area contributed by atoms with E-state index in [0.717, 1.165) is 43.7 Å². The van der Waals surface area contributed by atoms with E-state index in [2.05, 4.69) is 10.6 Å². The van der Waals surface area contributed by atoms with Crippen molar-refractivity contribution in [3.8, 4) is 5.75 Å². The minimum atomic E-state index is -0.385. The van der Waals surface area contributed by atoms with Gasteiger partial charge in [-0.25, -0.2) is 0 Å². The standard InChI is InChI=1S/C19H30N2O4.ClH/c1-23-15-19(8-11-20-12-9-19)18(22)21-10-3-13-25-14-16-4-6-17(24-2)7-5-16;/h4-7,20H,3,8-15H2,1-2H3,(H,21,22);1H. The van der Waals surface area contributed by atoms with E-state index >= 15 is 0 Å². The molecule has 7 heteroatoms. The summed E-state index contributed by atoms with van der Waals surface area (Å²) < 4.78 is 16.1. The molecule has 0 bridgehead atoms. The maximum absolute atomic E-state index is 12.6. The number of carbonyl (C=O) groups excluding carboxylic acids is 1. The quantitative estimate of drug-likeness (QED) is 0.603. The van der Waals surface area contributed by atoms with Gasteiger partial charge in [0.05, 0.1) is 25.7 Å². The zero-order valence-corrected chi connectivity index (χ0v) is 16.5. The van der Waals surface area contributed by atoms with Crippen LogP contribution >= 0.6 is 12.4 Å². The smallest absolute Gasteiger partial charge is 0.228 e. The molecule has 1 fully saturated rings. The van der Waals surface area contributed by atoms with Crippen molar-refractivity contribution in [1.82, 2.24) is 10.6 Å². The summed E-state index contributed by atoms with van der Waals surface area (Å²) in [4.78, 5) is 12.6. The Bertz CT molecular complexity index is 513. The number of halogens is 1. The first-order valence-corrected chi connectivity index (χ1v) is 8.89. The van der Waals surface area contributed by atoms with Gasteiger partial charge >= 0.3 is 0 Å². The third-order valence-corrected chi connectivity index (χ3v) is 4.64. The third kappa shape index (κ3) is 6.76. The lowest BCUT2D eigenvalue weighted by atomic mass is 9.78. The van der Waals surface area contributed by atoms with Gasteiger partial charge in [-0.2, -0.15) is 0 Å². The van der Waals surface area contributed by atoms with Crippen LogP contribution in [0.25, 0.3) is 0 Å². The molecule has 6 nitrogen and oxygen atoms in total. The second kappa shape index (κ2) is 12.1. The van der Waals surface area contributed by atoms with E-state index in [9.17, 15) is 4.79 Å². The molecule has 1 aliphatic heterocycles. The first kappa shape index (κ1) is 22.7. The summed E-state index contributed by atoms with van der Waals surface area (Å²) in [7, 11) is 3.31. The van der Waals surface area contributed by atoms with Crippen molar-refractivity contribution < 1.29 is 19.0 Å². The number of hydrogen-bond donors (Lipinski definition) is 2. The number of rotatable bonds is 10. The molecule has 1 aliphatic rings. The van der Waals surface area contributed by atoms with E-state index in [1.54, 1.807) is 14.2 Å². The number of hydrogen-bond acceptors (Lipinski definition) is 5. The van der Waals surface area contributed by atoms with Gasteiger partial charge in [0, 0.05) is 20.3 Å². The van der Waals surface area contributed by atoms with Crippen molar-refractivity contribution in [2.75, 3.05) is 47.1 Å². The number of ether oxygens (including phenoxy) is 3. The number of amides is 1. The Morgan fingerprint density at radius 2 is 1.88 bits per heavy atom. The van der Waals surface area contributed by atoms with Crippen molar-refractivity contribution in [1.29, 1.82) is 0 Å². The predicted octanol–water partition coefficient (Wildman–Crippen LogP) is 2.16. The van der Waals surface area contributed by atoms with Crippen molar-refractivity contribution in [2.45, 2.75) is 25.9 Å². The van der Waals surface area contributed by atoms with Gasteiger partial charge in [0.2, 0.25) is 5.91 Å².